The number of rotatable bonds is 1. The summed E-state index contributed by atoms with van der Waals surface area (Å²) >= 11 is 1.79. The number of fused-ring (bicyclic) bond motifs is 3. The molecule has 0 fully saturated rings. The number of thiophene rings is 1. The van der Waals surface area contributed by atoms with E-state index in [0.29, 0.717) is 5.84 Å². The van der Waals surface area contributed by atoms with Gasteiger partial charge in [0, 0.05) is 32.8 Å². The number of aliphatic imine (C=N–C) groups is 1. The van der Waals surface area contributed by atoms with Crippen LogP contribution < -0.4 is 5.73 Å². The molecule has 84 valence electrons. The van der Waals surface area contributed by atoms with Gasteiger partial charge in [0.2, 0.25) is 0 Å². The highest BCUT2D eigenvalue weighted by Gasteiger charge is 2.06. The summed E-state index contributed by atoms with van der Waals surface area (Å²) in [5.74, 6) is 0.587. The highest BCUT2D eigenvalue weighted by molar-refractivity contribution is 7.25. The van der Waals surface area contributed by atoms with Gasteiger partial charge in [-0.15, -0.1) is 11.3 Å². The zero-order valence-electron chi connectivity index (χ0n) is 9.47. The van der Waals surface area contributed by atoms with Crippen molar-refractivity contribution in [2.75, 3.05) is 7.05 Å². The van der Waals surface area contributed by atoms with Gasteiger partial charge in [-0.1, -0.05) is 30.3 Å². The minimum atomic E-state index is 0.587. The van der Waals surface area contributed by atoms with Crippen molar-refractivity contribution < 1.29 is 0 Å². The second-order valence-corrected chi connectivity index (χ2v) is 5.00. The van der Waals surface area contributed by atoms with Crippen LogP contribution in [0.15, 0.2) is 47.5 Å². The Morgan fingerprint density at radius 2 is 1.82 bits per heavy atom. The second kappa shape index (κ2) is 3.86. The number of benzene rings is 2. The van der Waals surface area contributed by atoms with Gasteiger partial charge in [-0.3, -0.25) is 4.99 Å². The molecule has 0 aliphatic carbocycles. The Bertz CT molecular complexity index is 725. The standard InChI is InChI=1S/C14H12N2S/c1-16-14(15)9-6-7-11-10-4-2-3-5-12(10)17-13(11)8-9/h2-8H,1H3,(H2,15,16). The lowest BCUT2D eigenvalue weighted by molar-refractivity contribution is 1.39. The molecule has 2 nitrogen and oxygen atoms in total. The van der Waals surface area contributed by atoms with Crippen LogP contribution >= 0.6 is 11.3 Å². The predicted octanol–water partition coefficient (Wildman–Crippen LogP) is 3.39. The SMILES string of the molecule is CN=C(N)c1ccc2c(c1)sc1ccccc12. The number of amidine groups is 1. The van der Waals surface area contributed by atoms with Crippen LogP contribution in [0, 0.1) is 0 Å². The molecule has 0 aliphatic rings. The van der Waals surface area contributed by atoms with Crippen molar-refractivity contribution in [2.24, 2.45) is 10.7 Å². The Morgan fingerprint density at radius 1 is 1.06 bits per heavy atom. The molecule has 0 bridgehead atoms. The quantitative estimate of drug-likeness (QED) is 0.514. The Morgan fingerprint density at radius 3 is 2.65 bits per heavy atom. The van der Waals surface area contributed by atoms with Gasteiger partial charge < -0.3 is 5.73 Å². The maximum Gasteiger partial charge on any atom is 0.125 e. The van der Waals surface area contributed by atoms with Crippen LogP contribution in [0.1, 0.15) is 5.56 Å². The van der Waals surface area contributed by atoms with E-state index in [-0.39, 0.29) is 0 Å². The molecule has 17 heavy (non-hydrogen) atoms. The molecule has 3 rings (SSSR count). The van der Waals surface area contributed by atoms with E-state index in [9.17, 15) is 0 Å². The van der Waals surface area contributed by atoms with Gasteiger partial charge in [-0.2, -0.15) is 0 Å². The molecule has 0 amide bonds. The third-order valence-corrected chi connectivity index (χ3v) is 4.05. The van der Waals surface area contributed by atoms with Gasteiger partial charge in [0.15, 0.2) is 0 Å². The summed E-state index contributed by atoms with van der Waals surface area (Å²) < 4.78 is 2.57. The highest BCUT2D eigenvalue weighted by Crippen LogP contribution is 2.33. The molecule has 2 N–H and O–H groups in total. The largest absolute Gasteiger partial charge is 0.384 e. The average Bonchev–Trinajstić information content (AvgIpc) is 2.75. The molecule has 1 aromatic heterocycles. The topological polar surface area (TPSA) is 38.4 Å². The van der Waals surface area contributed by atoms with E-state index < -0.39 is 0 Å². The van der Waals surface area contributed by atoms with Crippen molar-refractivity contribution in [1.29, 1.82) is 0 Å². The van der Waals surface area contributed by atoms with Gasteiger partial charge in [-0.25, -0.2) is 0 Å². The molecular formula is C14H12N2S. The first-order chi connectivity index (χ1) is 8.29. The molecule has 0 spiro atoms. The fourth-order valence-electron chi connectivity index (χ4n) is 2.01. The first-order valence-electron chi connectivity index (χ1n) is 5.43. The zero-order valence-corrected chi connectivity index (χ0v) is 10.3. The minimum Gasteiger partial charge on any atom is -0.384 e. The van der Waals surface area contributed by atoms with Crippen LogP contribution in [0.4, 0.5) is 0 Å². The number of hydrogen-bond donors (Lipinski definition) is 1. The molecule has 2 aromatic carbocycles. The molecule has 0 aliphatic heterocycles. The van der Waals surface area contributed by atoms with E-state index in [4.69, 9.17) is 5.73 Å². The lowest BCUT2D eigenvalue weighted by Gasteiger charge is -1.99. The van der Waals surface area contributed by atoms with Gasteiger partial charge in [0.1, 0.15) is 5.84 Å². The van der Waals surface area contributed by atoms with Crippen molar-refractivity contribution in [3.8, 4) is 0 Å². The van der Waals surface area contributed by atoms with Crippen molar-refractivity contribution >= 4 is 37.3 Å². The van der Waals surface area contributed by atoms with Crippen LogP contribution in [-0.4, -0.2) is 12.9 Å². The van der Waals surface area contributed by atoms with Gasteiger partial charge in [0.05, 0.1) is 0 Å². The van der Waals surface area contributed by atoms with E-state index >= 15 is 0 Å². The summed E-state index contributed by atoms with van der Waals surface area (Å²) in [7, 11) is 1.71. The van der Waals surface area contributed by atoms with Crippen LogP contribution in [0.2, 0.25) is 0 Å². The molecule has 3 aromatic rings. The summed E-state index contributed by atoms with van der Waals surface area (Å²) in [4.78, 5) is 4.02. The van der Waals surface area contributed by atoms with Crippen molar-refractivity contribution in [3.63, 3.8) is 0 Å². The second-order valence-electron chi connectivity index (χ2n) is 3.92. The molecule has 0 radical (unpaired) electrons. The summed E-state index contributed by atoms with van der Waals surface area (Å²) in [6, 6.07) is 14.7. The summed E-state index contributed by atoms with van der Waals surface area (Å²) in [5, 5.41) is 2.60. The fourth-order valence-corrected chi connectivity index (χ4v) is 3.16. The van der Waals surface area contributed by atoms with Crippen LogP contribution in [-0.2, 0) is 0 Å². The Hall–Kier alpha value is -1.87. The number of nitrogens with two attached hydrogens (primary N) is 1. The summed E-state index contributed by atoms with van der Waals surface area (Å²) in [6.07, 6.45) is 0. The highest BCUT2D eigenvalue weighted by atomic mass is 32.1. The minimum absolute atomic E-state index is 0.587. The van der Waals surface area contributed by atoms with Gasteiger partial charge in [-0.05, 0) is 12.1 Å². The Kier molecular flexibility index (Phi) is 2.34. The smallest absolute Gasteiger partial charge is 0.125 e. The maximum atomic E-state index is 5.83. The lowest BCUT2D eigenvalue weighted by Crippen LogP contribution is -2.12. The molecular weight excluding hydrogens is 228 g/mol. The monoisotopic (exact) mass is 240 g/mol. The van der Waals surface area contributed by atoms with E-state index in [1.165, 1.54) is 20.2 Å². The molecule has 0 saturated heterocycles. The molecule has 3 heteroatoms. The van der Waals surface area contributed by atoms with Crippen LogP contribution in [0.5, 0.6) is 0 Å². The molecule has 0 saturated carbocycles. The predicted molar refractivity (Wildman–Crippen MR) is 76.0 cm³/mol. The molecule has 0 unspecified atom stereocenters. The van der Waals surface area contributed by atoms with E-state index in [1.54, 1.807) is 18.4 Å². The maximum absolute atomic E-state index is 5.83. The van der Waals surface area contributed by atoms with Gasteiger partial charge in [0.25, 0.3) is 0 Å². The lowest BCUT2D eigenvalue weighted by atomic mass is 10.1. The normalized spacial score (nSPS) is 12.4. The van der Waals surface area contributed by atoms with Crippen molar-refractivity contribution in [2.45, 2.75) is 0 Å². The Labute approximate surface area is 103 Å². The molecule has 0 atom stereocenters. The first-order valence-corrected chi connectivity index (χ1v) is 6.25. The number of hydrogen-bond acceptors (Lipinski definition) is 2. The summed E-state index contributed by atoms with van der Waals surface area (Å²) in [5.41, 5.74) is 6.83. The Balaban J connectivity index is 2.34. The van der Waals surface area contributed by atoms with Gasteiger partial charge >= 0.3 is 0 Å². The zero-order chi connectivity index (χ0) is 11.8. The first kappa shape index (κ1) is 10.3. The average molecular weight is 240 g/mol. The molecule has 1 heterocycles. The van der Waals surface area contributed by atoms with Crippen molar-refractivity contribution in [1.82, 2.24) is 0 Å². The number of nitrogens with zero attached hydrogens (tertiary/aromatic N) is 1. The van der Waals surface area contributed by atoms with Crippen LogP contribution in [0.3, 0.4) is 0 Å². The third-order valence-electron chi connectivity index (χ3n) is 2.92. The van der Waals surface area contributed by atoms with E-state index in [2.05, 4.69) is 41.4 Å². The van der Waals surface area contributed by atoms with Crippen LogP contribution in [0.25, 0.3) is 20.2 Å². The summed E-state index contributed by atoms with van der Waals surface area (Å²) in [6.45, 7) is 0. The van der Waals surface area contributed by atoms with Crippen molar-refractivity contribution in [3.05, 3.63) is 48.0 Å². The fraction of sp³-hybridized carbons (Fsp3) is 0.0714. The van der Waals surface area contributed by atoms with E-state index in [0.717, 1.165) is 5.56 Å². The third kappa shape index (κ3) is 1.59. The van der Waals surface area contributed by atoms with E-state index in [1.807, 2.05) is 6.07 Å².